The molecule has 8 nitrogen and oxygen atoms in total. The summed E-state index contributed by atoms with van der Waals surface area (Å²) in [5.74, 6) is 0.406. The highest BCUT2D eigenvalue weighted by atomic mass is 16.5. The molecule has 0 N–H and O–H groups in total. The molecule has 0 saturated carbocycles. The first-order valence-electron chi connectivity index (χ1n) is 10.5. The van der Waals surface area contributed by atoms with Gasteiger partial charge in [-0.25, -0.2) is 4.79 Å². The molecule has 2 aromatic carbocycles. The summed E-state index contributed by atoms with van der Waals surface area (Å²) < 4.78 is 18.3. The first-order valence-corrected chi connectivity index (χ1v) is 10.5. The van der Waals surface area contributed by atoms with Gasteiger partial charge < -0.3 is 18.5 Å². The number of carbonyl (C=O) groups is 1. The van der Waals surface area contributed by atoms with Crippen molar-refractivity contribution in [1.29, 1.82) is 5.26 Å². The van der Waals surface area contributed by atoms with E-state index in [1.54, 1.807) is 7.11 Å². The molecule has 0 amide bonds. The molecule has 0 fully saturated rings. The first kappa shape index (κ1) is 22.6. The van der Waals surface area contributed by atoms with Crippen LogP contribution in [0.25, 0.3) is 23.2 Å². The Labute approximate surface area is 196 Å². The molecule has 0 radical (unpaired) electrons. The number of ether oxygens (including phenoxy) is 2. The Bertz CT molecular complexity index is 1390. The Hall–Kier alpha value is -4.64. The van der Waals surface area contributed by atoms with Crippen LogP contribution in [-0.4, -0.2) is 27.8 Å². The van der Waals surface area contributed by atoms with Gasteiger partial charge in [-0.15, -0.1) is 10.2 Å². The lowest BCUT2D eigenvalue weighted by Gasteiger charge is -2.13. The van der Waals surface area contributed by atoms with Crippen molar-refractivity contribution < 1.29 is 18.7 Å². The fourth-order valence-electron chi connectivity index (χ4n) is 3.63. The molecule has 0 aliphatic heterocycles. The van der Waals surface area contributed by atoms with E-state index in [0.29, 0.717) is 11.6 Å². The lowest BCUT2D eigenvalue weighted by molar-refractivity contribution is -0.140. The zero-order chi connectivity index (χ0) is 24.1. The van der Waals surface area contributed by atoms with Crippen LogP contribution >= 0.6 is 0 Å². The SMILES string of the molecule is COc1ccccc1-n1c(C)cc(/C=C(/C#N)C(=O)OCc2nnc(-c3ccccc3)o2)c1C. The summed E-state index contributed by atoms with van der Waals surface area (Å²) in [6, 6.07) is 20.7. The van der Waals surface area contributed by atoms with E-state index in [-0.39, 0.29) is 18.1 Å². The average Bonchev–Trinajstić information content (AvgIpc) is 3.45. The Kier molecular flexibility index (Phi) is 6.55. The van der Waals surface area contributed by atoms with Gasteiger partial charge in [0.15, 0.2) is 6.61 Å². The fourth-order valence-corrected chi connectivity index (χ4v) is 3.63. The topological polar surface area (TPSA) is 103 Å². The molecular formula is C26H22N4O4. The molecule has 170 valence electrons. The van der Waals surface area contributed by atoms with Gasteiger partial charge in [0, 0.05) is 17.0 Å². The van der Waals surface area contributed by atoms with Gasteiger partial charge >= 0.3 is 5.97 Å². The quantitative estimate of drug-likeness (QED) is 0.224. The molecule has 0 bridgehead atoms. The molecule has 0 unspecified atom stereocenters. The van der Waals surface area contributed by atoms with Crippen LogP contribution in [0.15, 0.2) is 70.7 Å². The van der Waals surface area contributed by atoms with E-state index in [1.807, 2.05) is 85.1 Å². The van der Waals surface area contributed by atoms with Crippen LogP contribution in [0, 0.1) is 25.2 Å². The standard InChI is InChI=1S/C26H22N4O4/c1-17-13-20(18(2)30(17)22-11-7-8-12-23(22)32-3)14-21(15-27)26(31)33-16-24-28-29-25(34-24)19-9-5-4-6-10-19/h4-14H,16H2,1-3H3/b21-14-. The molecule has 2 heterocycles. The highest BCUT2D eigenvalue weighted by molar-refractivity contribution is 5.98. The number of carbonyl (C=O) groups excluding carboxylic acids is 1. The lowest BCUT2D eigenvalue weighted by atomic mass is 10.1. The van der Waals surface area contributed by atoms with Crippen molar-refractivity contribution in [2.24, 2.45) is 0 Å². The van der Waals surface area contributed by atoms with Gasteiger partial charge in [-0.1, -0.05) is 30.3 Å². The molecule has 0 atom stereocenters. The molecule has 0 spiro atoms. The predicted octanol–water partition coefficient (Wildman–Crippen LogP) is 4.80. The van der Waals surface area contributed by atoms with Gasteiger partial charge in [0.25, 0.3) is 5.89 Å². The maximum absolute atomic E-state index is 12.6. The molecule has 2 aromatic heterocycles. The van der Waals surface area contributed by atoms with E-state index in [4.69, 9.17) is 13.9 Å². The van der Waals surface area contributed by atoms with Crippen LogP contribution in [0.2, 0.25) is 0 Å². The van der Waals surface area contributed by atoms with Gasteiger partial charge in [0.1, 0.15) is 17.4 Å². The number of nitrogens with zero attached hydrogens (tertiary/aromatic N) is 4. The minimum atomic E-state index is -0.774. The summed E-state index contributed by atoms with van der Waals surface area (Å²) in [5, 5.41) is 17.4. The molecule has 34 heavy (non-hydrogen) atoms. The third-order valence-electron chi connectivity index (χ3n) is 5.25. The maximum Gasteiger partial charge on any atom is 0.349 e. The zero-order valence-electron chi connectivity index (χ0n) is 19.0. The van der Waals surface area contributed by atoms with E-state index >= 15 is 0 Å². The second-order valence-electron chi connectivity index (χ2n) is 7.45. The van der Waals surface area contributed by atoms with E-state index in [0.717, 1.165) is 28.2 Å². The summed E-state index contributed by atoms with van der Waals surface area (Å²) in [5.41, 5.74) is 4.00. The van der Waals surface area contributed by atoms with Crippen LogP contribution in [0.1, 0.15) is 22.8 Å². The number of benzene rings is 2. The van der Waals surface area contributed by atoms with Gasteiger partial charge in [0.05, 0.1) is 12.8 Å². The van der Waals surface area contributed by atoms with Crippen molar-refractivity contribution in [3.05, 3.63) is 89.1 Å². The number of methoxy groups -OCH3 is 1. The van der Waals surface area contributed by atoms with Crippen molar-refractivity contribution in [2.75, 3.05) is 7.11 Å². The maximum atomic E-state index is 12.6. The summed E-state index contributed by atoms with van der Waals surface area (Å²) in [4.78, 5) is 12.6. The number of hydrogen-bond donors (Lipinski definition) is 0. The highest BCUT2D eigenvalue weighted by Gasteiger charge is 2.17. The van der Waals surface area contributed by atoms with Crippen molar-refractivity contribution >= 4 is 12.0 Å². The number of esters is 1. The van der Waals surface area contributed by atoms with Gasteiger partial charge in [-0.3, -0.25) is 0 Å². The summed E-state index contributed by atoms with van der Waals surface area (Å²) in [7, 11) is 1.61. The second kappa shape index (κ2) is 9.88. The zero-order valence-corrected chi connectivity index (χ0v) is 19.0. The fraction of sp³-hybridized carbons (Fsp3) is 0.154. The monoisotopic (exact) mass is 454 g/mol. The van der Waals surface area contributed by atoms with Crippen LogP contribution < -0.4 is 4.74 Å². The minimum Gasteiger partial charge on any atom is -0.495 e. The van der Waals surface area contributed by atoms with Crippen LogP contribution in [-0.2, 0) is 16.1 Å². The van der Waals surface area contributed by atoms with Gasteiger partial charge in [0.2, 0.25) is 5.89 Å². The van der Waals surface area contributed by atoms with Crippen LogP contribution in [0.4, 0.5) is 0 Å². The number of rotatable bonds is 7. The molecule has 0 aliphatic rings. The third kappa shape index (κ3) is 4.59. The minimum absolute atomic E-state index is 0.136. The number of nitriles is 1. The normalized spacial score (nSPS) is 11.2. The van der Waals surface area contributed by atoms with E-state index in [1.165, 1.54) is 6.08 Å². The number of para-hydroxylation sites is 2. The largest absolute Gasteiger partial charge is 0.495 e. The third-order valence-corrected chi connectivity index (χ3v) is 5.25. The van der Waals surface area contributed by atoms with Gasteiger partial charge in [-0.2, -0.15) is 5.26 Å². The molecular weight excluding hydrogens is 432 g/mol. The summed E-state index contributed by atoms with van der Waals surface area (Å²) in [6.45, 7) is 3.62. The first-order chi connectivity index (χ1) is 16.5. The van der Waals surface area contributed by atoms with Crippen molar-refractivity contribution in [1.82, 2.24) is 14.8 Å². The van der Waals surface area contributed by atoms with E-state index in [9.17, 15) is 10.1 Å². The lowest BCUT2D eigenvalue weighted by Crippen LogP contribution is -2.07. The Morgan fingerprint density at radius 2 is 1.85 bits per heavy atom. The molecule has 4 rings (SSSR count). The van der Waals surface area contributed by atoms with E-state index in [2.05, 4.69) is 10.2 Å². The number of aromatic nitrogens is 3. The van der Waals surface area contributed by atoms with Crippen molar-refractivity contribution in [3.63, 3.8) is 0 Å². The second-order valence-corrected chi connectivity index (χ2v) is 7.45. The summed E-state index contributed by atoms with van der Waals surface area (Å²) >= 11 is 0. The Balaban J connectivity index is 1.52. The Morgan fingerprint density at radius 3 is 2.59 bits per heavy atom. The van der Waals surface area contributed by atoms with Crippen LogP contribution in [0.5, 0.6) is 5.75 Å². The van der Waals surface area contributed by atoms with Crippen molar-refractivity contribution in [2.45, 2.75) is 20.5 Å². The molecule has 4 aromatic rings. The molecule has 8 heteroatoms. The van der Waals surface area contributed by atoms with Gasteiger partial charge in [-0.05, 0) is 55.8 Å². The molecule has 0 aliphatic carbocycles. The summed E-state index contributed by atoms with van der Waals surface area (Å²) in [6.07, 6.45) is 1.51. The predicted molar refractivity (Wildman–Crippen MR) is 125 cm³/mol. The van der Waals surface area contributed by atoms with Crippen molar-refractivity contribution in [3.8, 4) is 29.0 Å². The number of aryl methyl sites for hydroxylation is 1. The van der Waals surface area contributed by atoms with E-state index < -0.39 is 5.97 Å². The highest BCUT2D eigenvalue weighted by Crippen LogP contribution is 2.29. The Morgan fingerprint density at radius 1 is 1.12 bits per heavy atom. The molecule has 0 saturated heterocycles. The smallest absolute Gasteiger partial charge is 0.349 e. The average molecular weight is 454 g/mol. The number of hydrogen-bond acceptors (Lipinski definition) is 7. The van der Waals surface area contributed by atoms with Crippen LogP contribution in [0.3, 0.4) is 0 Å².